The highest BCUT2D eigenvalue weighted by Gasteiger charge is 2.43. The van der Waals surface area contributed by atoms with Gasteiger partial charge in [-0.1, -0.05) is 199 Å². The van der Waals surface area contributed by atoms with E-state index >= 15 is 0 Å². The van der Waals surface area contributed by atoms with E-state index in [1.807, 2.05) is 0 Å². The van der Waals surface area contributed by atoms with E-state index in [1.54, 1.807) is 10.4 Å². The Morgan fingerprint density at radius 3 is 1.51 bits per heavy atom. The Morgan fingerprint density at radius 1 is 0.596 bits per heavy atom. The van der Waals surface area contributed by atoms with Gasteiger partial charge in [-0.3, -0.25) is 0 Å². The molecule has 1 aliphatic heterocycles. The molecule has 0 spiro atoms. The van der Waals surface area contributed by atoms with Crippen LogP contribution in [0.15, 0.2) is 54.6 Å². The minimum Gasteiger partial charge on any atom is -0.463 e. The third-order valence-corrected chi connectivity index (χ3v) is 28.0. The van der Waals surface area contributed by atoms with Crippen molar-refractivity contribution in [1.82, 2.24) is 4.57 Å². The fraction of sp³-hybridized carbons (Fsp3) is 0.654. The molecular weight excluding hydrogens is 727 g/mol. The van der Waals surface area contributed by atoms with Gasteiger partial charge < -0.3 is 14.0 Å². The van der Waals surface area contributed by atoms with Gasteiger partial charge in [0.1, 0.15) is 5.75 Å². The van der Waals surface area contributed by atoms with Crippen LogP contribution in [0, 0.1) is 6.92 Å². The molecule has 5 rings (SSSR count). The average Bonchev–Trinajstić information content (AvgIpc) is 3.50. The lowest BCUT2D eigenvalue weighted by molar-refractivity contribution is -0.105. The number of nitrogens with zero attached hydrogens (tertiary/aromatic N) is 1. The molecule has 1 unspecified atom stereocenters. The molecule has 0 saturated carbocycles. The molecule has 5 heteroatoms. The number of aryl methyl sites for hydroxylation is 1. The largest absolute Gasteiger partial charge is 0.463 e. The number of hydrogen-bond acceptors (Lipinski definition) is 2. The van der Waals surface area contributed by atoms with Crippen LogP contribution in [0.3, 0.4) is 0 Å². The van der Waals surface area contributed by atoms with Gasteiger partial charge in [0.05, 0.1) is 39.5 Å². The van der Waals surface area contributed by atoms with Gasteiger partial charge in [0.15, 0.2) is 6.29 Å². The van der Waals surface area contributed by atoms with Crippen LogP contribution in [0.25, 0.3) is 27.5 Å². The van der Waals surface area contributed by atoms with E-state index in [0.29, 0.717) is 22.2 Å². The quantitative estimate of drug-likeness (QED) is 0.0550. The second-order valence-electron chi connectivity index (χ2n) is 19.4. The summed E-state index contributed by atoms with van der Waals surface area (Å²) in [6, 6.07) is 25.1. The van der Waals surface area contributed by atoms with Crippen LogP contribution >= 0.6 is 0 Å². The zero-order valence-electron chi connectivity index (χ0n) is 38.6. The van der Waals surface area contributed by atoms with Gasteiger partial charge >= 0.3 is 0 Å². The fourth-order valence-corrected chi connectivity index (χ4v) is 22.7. The minimum atomic E-state index is -1.90. The first-order chi connectivity index (χ1) is 27.4. The first kappa shape index (κ1) is 45.7. The molecule has 1 aliphatic rings. The standard InChI is InChI=1S/C52H83NO2Si2/c1-12-14-16-18-20-24-34-56(39(3)4,40(5)6)44-28-30-46-47-31-29-45(57(41(7)8,42(9)10)35-25-21-19-17-15-13-2)38-49(47)53(48(46)37-44)50-36-43(11)27-32-51(50)55-52-26-22-23-33-54-52/h27-32,36-42,52H,12-26,33-35H2,1-11H3. The summed E-state index contributed by atoms with van der Waals surface area (Å²) in [7, 11) is -3.80. The molecule has 0 aliphatic carbocycles. The van der Waals surface area contributed by atoms with Crippen LogP contribution in [0.2, 0.25) is 34.3 Å². The molecule has 1 atom stereocenters. The van der Waals surface area contributed by atoms with E-state index in [0.717, 1.165) is 37.3 Å². The summed E-state index contributed by atoms with van der Waals surface area (Å²) in [6.45, 7) is 28.0. The SMILES string of the molecule is CCCCCCCC[Si](c1ccc2c3ccc([Si](CCCCCCCC)(C(C)C)C(C)C)cc3n(-c3cc(C)ccc3OC3CCCCO3)c2c1)(C(C)C)C(C)C. The first-order valence-corrected chi connectivity index (χ1v) is 28.6. The smallest absolute Gasteiger partial charge is 0.199 e. The second-order valence-corrected chi connectivity index (χ2v) is 30.4. The highest BCUT2D eigenvalue weighted by molar-refractivity contribution is 6.94. The van der Waals surface area contributed by atoms with Gasteiger partial charge in [0.25, 0.3) is 0 Å². The number of hydrogen-bond donors (Lipinski definition) is 0. The van der Waals surface area contributed by atoms with E-state index in [1.165, 1.54) is 117 Å². The molecule has 1 saturated heterocycles. The zero-order chi connectivity index (χ0) is 41.2. The predicted octanol–water partition coefficient (Wildman–Crippen LogP) is 15.7. The summed E-state index contributed by atoms with van der Waals surface area (Å²) in [4.78, 5) is 0. The second kappa shape index (κ2) is 21.3. The first-order valence-electron chi connectivity index (χ1n) is 23.9. The van der Waals surface area contributed by atoms with Gasteiger partial charge in [-0.25, -0.2) is 0 Å². The molecular formula is C52H83NO2Si2. The Hall–Kier alpha value is -2.35. The Labute approximate surface area is 352 Å². The van der Waals surface area contributed by atoms with Crippen molar-refractivity contribution < 1.29 is 9.47 Å². The summed E-state index contributed by atoms with van der Waals surface area (Å²) in [5.74, 6) is 0.939. The molecule has 3 nitrogen and oxygen atoms in total. The summed E-state index contributed by atoms with van der Waals surface area (Å²) in [6.07, 6.45) is 19.3. The summed E-state index contributed by atoms with van der Waals surface area (Å²) < 4.78 is 15.7. The lowest BCUT2D eigenvalue weighted by Crippen LogP contribution is -2.53. The summed E-state index contributed by atoms with van der Waals surface area (Å²) in [5.41, 5.74) is 7.79. The summed E-state index contributed by atoms with van der Waals surface area (Å²) >= 11 is 0. The molecule has 1 aromatic heterocycles. The predicted molar refractivity (Wildman–Crippen MR) is 257 cm³/mol. The number of fused-ring (bicyclic) bond motifs is 3. The van der Waals surface area contributed by atoms with E-state index < -0.39 is 16.1 Å². The number of rotatable bonds is 23. The van der Waals surface area contributed by atoms with Crippen molar-refractivity contribution in [2.24, 2.45) is 0 Å². The molecule has 57 heavy (non-hydrogen) atoms. The van der Waals surface area contributed by atoms with E-state index in [2.05, 4.69) is 135 Å². The minimum absolute atomic E-state index is 0.196. The van der Waals surface area contributed by atoms with Crippen LogP contribution in [0.5, 0.6) is 5.75 Å². The van der Waals surface area contributed by atoms with Crippen molar-refractivity contribution in [2.75, 3.05) is 6.61 Å². The van der Waals surface area contributed by atoms with Gasteiger partial charge in [-0.15, -0.1) is 0 Å². The maximum atomic E-state index is 6.87. The molecule has 0 N–H and O–H groups in total. The third kappa shape index (κ3) is 10.2. The Morgan fingerprint density at radius 2 is 1.07 bits per heavy atom. The molecule has 0 amide bonds. The number of ether oxygens (including phenoxy) is 2. The van der Waals surface area contributed by atoms with Gasteiger partial charge in [-0.05, 0) is 71.8 Å². The maximum Gasteiger partial charge on any atom is 0.199 e. The highest BCUT2D eigenvalue weighted by Crippen LogP contribution is 2.43. The molecule has 3 aromatic carbocycles. The van der Waals surface area contributed by atoms with Crippen LogP contribution in [-0.2, 0) is 4.74 Å². The van der Waals surface area contributed by atoms with Crippen LogP contribution < -0.4 is 15.1 Å². The Balaban J connectivity index is 1.74. The molecule has 2 heterocycles. The van der Waals surface area contributed by atoms with Crippen molar-refractivity contribution in [3.8, 4) is 11.4 Å². The topological polar surface area (TPSA) is 23.4 Å². The number of aromatic nitrogens is 1. The fourth-order valence-electron chi connectivity index (χ4n) is 11.2. The van der Waals surface area contributed by atoms with Crippen molar-refractivity contribution >= 4 is 48.3 Å². The summed E-state index contributed by atoms with van der Waals surface area (Å²) in [5, 5.41) is 6.02. The molecule has 4 aromatic rings. The van der Waals surface area contributed by atoms with Crippen molar-refractivity contribution in [1.29, 1.82) is 0 Å². The van der Waals surface area contributed by atoms with Crippen LogP contribution in [0.1, 0.15) is 171 Å². The molecule has 0 radical (unpaired) electrons. The molecule has 0 bridgehead atoms. The van der Waals surface area contributed by atoms with Crippen molar-refractivity contribution in [3.05, 3.63) is 60.2 Å². The highest BCUT2D eigenvalue weighted by atomic mass is 28.3. The lowest BCUT2D eigenvalue weighted by Gasteiger charge is -2.40. The number of unbranched alkanes of at least 4 members (excludes halogenated alkanes) is 10. The van der Waals surface area contributed by atoms with Gasteiger partial charge in [-0.2, -0.15) is 0 Å². The third-order valence-electron chi connectivity index (χ3n) is 14.6. The normalized spacial score (nSPS) is 15.7. The van der Waals surface area contributed by atoms with Crippen molar-refractivity contribution in [3.63, 3.8) is 0 Å². The average molecular weight is 810 g/mol. The maximum absolute atomic E-state index is 6.87. The van der Waals surface area contributed by atoms with Gasteiger partial charge in [0.2, 0.25) is 0 Å². The zero-order valence-corrected chi connectivity index (χ0v) is 40.6. The van der Waals surface area contributed by atoms with Crippen LogP contribution in [-0.4, -0.2) is 33.6 Å². The monoisotopic (exact) mass is 810 g/mol. The molecule has 316 valence electrons. The van der Waals surface area contributed by atoms with E-state index in [-0.39, 0.29) is 6.29 Å². The van der Waals surface area contributed by atoms with Crippen molar-refractivity contribution in [2.45, 2.75) is 213 Å². The molecule has 1 fully saturated rings. The Bertz CT molecular complexity index is 1720. The number of benzene rings is 3. The van der Waals surface area contributed by atoms with Crippen LogP contribution in [0.4, 0.5) is 0 Å². The van der Waals surface area contributed by atoms with E-state index in [4.69, 9.17) is 9.47 Å². The van der Waals surface area contributed by atoms with Gasteiger partial charge in [0, 0.05) is 17.2 Å². The Kier molecular flexibility index (Phi) is 17.1. The lowest BCUT2D eigenvalue weighted by atomic mass is 10.1. The van der Waals surface area contributed by atoms with E-state index in [9.17, 15) is 0 Å².